The minimum Gasteiger partial charge on any atom is -0.399 e. The second-order valence-corrected chi connectivity index (χ2v) is 5.82. The molecule has 1 fully saturated rings. The molecular formula is C16H23N3O. The van der Waals surface area contributed by atoms with E-state index in [0.29, 0.717) is 0 Å². The predicted octanol–water partition coefficient (Wildman–Crippen LogP) is 3.05. The molecule has 1 aliphatic carbocycles. The van der Waals surface area contributed by atoms with Crippen LogP contribution in [0.1, 0.15) is 50.9 Å². The summed E-state index contributed by atoms with van der Waals surface area (Å²) in [6.07, 6.45) is 5.98. The lowest BCUT2D eigenvalue weighted by Gasteiger charge is -2.30. The minimum atomic E-state index is -0.255. The van der Waals surface area contributed by atoms with Gasteiger partial charge in [0.1, 0.15) is 5.82 Å². The molecule has 0 radical (unpaired) electrons. The Kier molecular flexibility index (Phi) is 3.66. The van der Waals surface area contributed by atoms with Gasteiger partial charge in [0.2, 0.25) is 0 Å². The fraction of sp³-hybridized carbons (Fsp3) is 0.562. The first-order valence-electron chi connectivity index (χ1n) is 7.65. The average Bonchev–Trinajstić information content (AvgIpc) is 2.77. The van der Waals surface area contributed by atoms with Crippen LogP contribution in [0.4, 0.5) is 5.69 Å². The molecule has 1 heterocycles. The van der Waals surface area contributed by atoms with Crippen molar-refractivity contribution in [3.05, 3.63) is 24.0 Å². The van der Waals surface area contributed by atoms with E-state index in [-0.39, 0.29) is 12.1 Å². The Hall–Kier alpha value is -1.55. The molecule has 0 bridgehead atoms. The molecule has 1 aromatic carbocycles. The first kappa shape index (κ1) is 13.4. The number of anilines is 1. The number of nitrogens with two attached hydrogens (primary N) is 1. The van der Waals surface area contributed by atoms with Crippen molar-refractivity contribution in [3.63, 3.8) is 0 Å². The number of aliphatic hydroxyl groups excluding tert-OH is 1. The molecule has 0 amide bonds. The van der Waals surface area contributed by atoms with E-state index >= 15 is 0 Å². The first-order valence-corrected chi connectivity index (χ1v) is 7.65. The molecule has 108 valence electrons. The molecular weight excluding hydrogens is 250 g/mol. The second kappa shape index (κ2) is 5.44. The van der Waals surface area contributed by atoms with E-state index in [2.05, 4.69) is 11.5 Å². The number of rotatable bonds is 3. The second-order valence-electron chi connectivity index (χ2n) is 5.82. The molecule has 3 N–H and O–H groups in total. The molecule has 2 aromatic rings. The number of aryl methyl sites for hydroxylation is 1. The van der Waals surface area contributed by atoms with E-state index in [1.807, 2.05) is 18.2 Å². The number of hydrogen-bond donors (Lipinski definition) is 2. The predicted molar refractivity (Wildman–Crippen MR) is 81.7 cm³/mol. The third kappa shape index (κ3) is 2.29. The summed E-state index contributed by atoms with van der Waals surface area (Å²) in [5.41, 5.74) is 8.66. The van der Waals surface area contributed by atoms with Crippen molar-refractivity contribution in [2.75, 3.05) is 5.73 Å². The highest BCUT2D eigenvalue weighted by Crippen LogP contribution is 2.33. The summed E-state index contributed by atoms with van der Waals surface area (Å²) in [5, 5.41) is 10.4. The summed E-state index contributed by atoms with van der Waals surface area (Å²) >= 11 is 0. The van der Waals surface area contributed by atoms with Gasteiger partial charge in [0.25, 0.3) is 0 Å². The third-order valence-corrected chi connectivity index (χ3v) is 4.29. The summed E-state index contributed by atoms with van der Waals surface area (Å²) in [6.45, 7) is 2.16. The zero-order valence-corrected chi connectivity index (χ0v) is 12.0. The molecule has 3 rings (SSSR count). The van der Waals surface area contributed by atoms with Crippen molar-refractivity contribution in [3.8, 4) is 0 Å². The Bertz CT molecular complexity index is 605. The number of benzene rings is 1. The maximum absolute atomic E-state index is 10.4. The molecule has 1 aromatic heterocycles. The number of fused-ring (bicyclic) bond motifs is 1. The van der Waals surface area contributed by atoms with E-state index in [4.69, 9.17) is 10.7 Å². The first-order chi connectivity index (χ1) is 9.70. The van der Waals surface area contributed by atoms with Crippen LogP contribution in [0.5, 0.6) is 0 Å². The van der Waals surface area contributed by atoms with Crippen LogP contribution in [0.3, 0.4) is 0 Å². The van der Waals surface area contributed by atoms with E-state index in [1.165, 1.54) is 6.42 Å². The molecule has 1 aliphatic rings. The van der Waals surface area contributed by atoms with E-state index in [0.717, 1.165) is 54.6 Å². The Morgan fingerprint density at radius 2 is 2.15 bits per heavy atom. The molecule has 0 aliphatic heterocycles. The Labute approximate surface area is 119 Å². The maximum Gasteiger partial charge on any atom is 0.110 e. The van der Waals surface area contributed by atoms with Crippen molar-refractivity contribution in [2.24, 2.45) is 0 Å². The van der Waals surface area contributed by atoms with Crippen LogP contribution in [0.2, 0.25) is 0 Å². The van der Waals surface area contributed by atoms with Crippen molar-refractivity contribution in [1.82, 2.24) is 9.55 Å². The Morgan fingerprint density at radius 1 is 1.35 bits per heavy atom. The van der Waals surface area contributed by atoms with Crippen LogP contribution in [-0.2, 0) is 6.42 Å². The van der Waals surface area contributed by atoms with Gasteiger partial charge < -0.3 is 15.4 Å². The van der Waals surface area contributed by atoms with Gasteiger partial charge in [0.05, 0.1) is 23.2 Å². The number of nitrogens with zero attached hydrogens (tertiary/aromatic N) is 2. The van der Waals surface area contributed by atoms with Gasteiger partial charge in [0, 0.05) is 12.1 Å². The molecule has 4 nitrogen and oxygen atoms in total. The lowest BCUT2D eigenvalue weighted by molar-refractivity contribution is 0.0759. The quantitative estimate of drug-likeness (QED) is 0.845. The monoisotopic (exact) mass is 273 g/mol. The largest absolute Gasteiger partial charge is 0.399 e. The standard InChI is InChI=1S/C16H23N3O/c1-2-5-16-18-12-10-11(17)8-9-13(12)19(16)14-6-3-4-7-15(14)20/h8-10,14-15,20H,2-7,17H2,1H3. The highest BCUT2D eigenvalue weighted by molar-refractivity contribution is 5.79. The number of hydrogen-bond acceptors (Lipinski definition) is 3. The molecule has 20 heavy (non-hydrogen) atoms. The zero-order chi connectivity index (χ0) is 14.1. The number of aliphatic hydroxyl groups is 1. The van der Waals surface area contributed by atoms with Crippen LogP contribution in [0.15, 0.2) is 18.2 Å². The van der Waals surface area contributed by atoms with Crippen molar-refractivity contribution in [1.29, 1.82) is 0 Å². The lowest BCUT2D eigenvalue weighted by Crippen LogP contribution is -2.28. The van der Waals surface area contributed by atoms with Gasteiger partial charge in [-0.3, -0.25) is 0 Å². The van der Waals surface area contributed by atoms with Crippen molar-refractivity contribution in [2.45, 2.75) is 57.6 Å². The Balaban J connectivity index is 2.12. The molecule has 4 heteroatoms. The number of imidazole rings is 1. The fourth-order valence-corrected chi connectivity index (χ4v) is 3.33. The van der Waals surface area contributed by atoms with Gasteiger partial charge in [-0.2, -0.15) is 0 Å². The molecule has 0 spiro atoms. The normalized spacial score (nSPS) is 23.3. The zero-order valence-electron chi connectivity index (χ0n) is 12.0. The van der Waals surface area contributed by atoms with Gasteiger partial charge in [-0.05, 0) is 37.5 Å². The summed E-state index contributed by atoms with van der Waals surface area (Å²) in [7, 11) is 0. The summed E-state index contributed by atoms with van der Waals surface area (Å²) < 4.78 is 2.27. The van der Waals surface area contributed by atoms with Crippen molar-refractivity contribution < 1.29 is 5.11 Å². The highest BCUT2D eigenvalue weighted by Gasteiger charge is 2.27. The molecule has 2 unspecified atom stereocenters. The average molecular weight is 273 g/mol. The van der Waals surface area contributed by atoms with Gasteiger partial charge in [0.15, 0.2) is 0 Å². The van der Waals surface area contributed by atoms with E-state index < -0.39 is 0 Å². The number of nitrogen functional groups attached to an aromatic ring is 1. The Morgan fingerprint density at radius 3 is 2.90 bits per heavy atom. The number of aromatic nitrogens is 2. The molecule has 1 saturated carbocycles. The summed E-state index contributed by atoms with van der Waals surface area (Å²) in [4.78, 5) is 4.74. The van der Waals surface area contributed by atoms with E-state index in [9.17, 15) is 5.11 Å². The fourth-order valence-electron chi connectivity index (χ4n) is 3.33. The topological polar surface area (TPSA) is 64.1 Å². The van der Waals surface area contributed by atoms with E-state index in [1.54, 1.807) is 0 Å². The molecule has 2 atom stereocenters. The smallest absolute Gasteiger partial charge is 0.110 e. The third-order valence-electron chi connectivity index (χ3n) is 4.29. The van der Waals surface area contributed by atoms with Crippen LogP contribution in [0.25, 0.3) is 11.0 Å². The minimum absolute atomic E-state index is 0.166. The van der Waals surface area contributed by atoms with Gasteiger partial charge >= 0.3 is 0 Å². The highest BCUT2D eigenvalue weighted by atomic mass is 16.3. The molecule has 0 saturated heterocycles. The van der Waals surface area contributed by atoms with Gasteiger partial charge in [-0.15, -0.1) is 0 Å². The van der Waals surface area contributed by atoms with Crippen LogP contribution in [-0.4, -0.2) is 20.8 Å². The SMILES string of the molecule is CCCc1nc2cc(N)ccc2n1C1CCCCC1O. The van der Waals surface area contributed by atoms with Crippen LogP contribution < -0.4 is 5.73 Å². The van der Waals surface area contributed by atoms with Gasteiger partial charge in [-0.25, -0.2) is 4.98 Å². The summed E-state index contributed by atoms with van der Waals surface area (Å²) in [5.74, 6) is 1.08. The lowest BCUT2D eigenvalue weighted by atomic mass is 9.92. The van der Waals surface area contributed by atoms with Crippen LogP contribution >= 0.6 is 0 Å². The van der Waals surface area contributed by atoms with Gasteiger partial charge in [-0.1, -0.05) is 19.8 Å². The van der Waals surface area contributed by atoms with Crippen LogP contribution in [0, 0.1) is 0 Å². The van der Waals surface area contributed by atoms with Crippen molar-refractivity contribution >= 4 is 16.7 Å². The summed E-state index contributed by atoms with van der Waals surface area (Å²) in [6, 6.07) is 6.06. The maximum atomic E-state index is 10.4.